The zero-order chi connectivity index (χ0) is 10.8. The third-order valence-corrected chi connectivity index (χ3v) is 1.87. The monoisotopic (exact) mass is 212 g/mol. The first-order valence-electron chi connectivity index (χ1n) is 4.08. The number of aliphatic imine (C=N–C) groups is 1. The topological polar surface area (TPSA) is 65.5 Å². The highest BCUT2D eigenvalue weighted by molar-refractivity contribution is 8.01. The molecule has 0 atom stereocenters. The molecule has 0 aromatic rings. The second kappa shape index (κ2) is 8.37. The van der Waals surface area contributed by atoms with Crippen LogP contribution in [0.4, 0.5) is 0 Å². The van der Waals surface area contributed by atoms with E-state index in [1.54, 1.807) is 29.8 Å². The maximum atomic E-state index is 7.17. The van der Waals surface area contributed by atoms with Crippen LogP contribution in [0, 0.1) is 5.41 Å². The molecule has 0 rings (SSSR count). The van der Waals surface area contributed by atoms with Crippen molar-refractivity contribution in [2.45, 2.75) is 0 Å². The molecule has 0 unspecified atom stereocenters. The van der Waals surface area contributed by atoms with Gasteiger partial charge in [0.15, 0.2) is 0 Å². The minimum atomic E-state index is 0.560. The molecule has 3 N–H and O–H groups in total. The van der Waals surface area contributed by atoms with Crippen LogP contribution in [0.1, 0.15) is 0 Å². The lowest BCUT2D eigenvalue weighted by Gasteiger charge is -2.12. The number of rotatable bonds is 6. The van der Waals surface area contributed by atoms with E-state index in [9.17, 15) is 0 Å². The molecule has 0 aliphatic heterocycles. The average molecular weight is 212 g/mol. The summed E-state index contributed by atoms with van der Waals surface area (Å²) in [7, 11) is 1.70. The van der Waals surface area contributed by atoms with Crippen molar-refractivity contribution < 1.29 is 0 Å². The number of nitrogens with two attached hydrogens (primary N) is 1. The molecular formula is C9H16N4S. The summed E-state index contributed by atoms with van der Waals surface area (Å²) in [6, 6.07) is 0. The Bertz CT molecular complexity index is 245. The van der Waals surface area contributed by atoms with Gasteiger partial charge in [0.05, 0.1) is 18.6 Å². The molecule has 78 valence electrons. The second-order valence-corrected chi connectivity index (χ2v) is 3.14. The Balaban J connectivity index is 4.29. The van der Waals surface area contributed by atoms with Crippen LogP contribution in [-0.2, 0) is 0 Å². The molecule has 5 heteroatoms. The van der Waals surface area contributed by atoms with Gasteiger partial charge in [-0.1, -0.05) is 0 Å². The maximum absolute atomic E-state index is 7.17. The van der Waals surface area contributed by atoms with Crippen molar-refractivity contribution in [2.24, 2.45) is 10.7 Å². The van der Waals surface area contributed by atoms with Gasteiger partial charge in [-0.2, -0.15) is 0 Å². The minimum absolute atomic E-state index is 0.560. The SMILES string of the molecule is CN=C(C=CN)CN(C=N)/C=C\SC. The van der Waals surface area contributed by atoms with Crippen molar-refractivity contribution in [1.29, 1.82) is 5.41 Å². The molecular weight excluding hydrogens is 196 g/mol. The summed E-state index contributed by atoms with van der Waals surface area (Å²) in [6.07, 6.45) is 8.22. The van der Waals surface area contributed by atoms with Gasteiger partial charge in [0.1, 0.15) is 0 Å². The number of hydrogen-bond acceptors (Lipinski definition) is 4. The predicted molar refractivity (Wildman–Crippen MR) is 64.8 cm³/mol. The number of hydrogen-bond donors (Lipinski definition) is 2. The van der Waals surface area contributed by atoms with Gasteiger partial charge < -0.3 is 10.6 Å². The molecule has 0 aromatic heterocycles. The van der Waals surface area contributed by atoms with Gasteiger partial charge >= 0.3 is 0 Å². The Morgan fingerprint density at radius 1 is 1.64 bits per heavy atom. The Morgan fingerprint density at radius 2 is 2.36 bits per heavy atom. The quantitative estimate of drug-likeness (QED) is 0.515. The Labute approximate surface area is 89.1 Å². The molecule has 0 amide bonds. The van der Waals surface area contributed by atoms with Crippen molar-refractivity contribution in [3.8, 4) is 0 Å². The predicted octanol–water partition coefficient (Wildman–Crippen LogP) is 1.27. The zero-order valence-corrected chi connectivity index (χ0v) is 9.29. The van der Waals surface area contributed by atoms with Crippen LogP contribution in [-0.4, -0.2) is 36.8 Å². The molecule has 0 aliphatic carbocycles. The second-order valence-electron chi connectivity index (χ2n) is 2.40. The van der Waals surface area contributed by atoms with Gasteiger partial charge in [0.25, 0.3) is 0 Å². The first-order valence-corrected chi connectivity index (χ1v) is 5.37. The van der Waals surface area contributed by atoms with Crippen molar-refractivity contribution in [1.82, 2.24) is 4.90 Å². The molecule has 0 saturated heterocycles. The summed E-state index contributed by atoms with van der Waals surface area (Å²) in [5.41, 5.74) is 6.10. The Morgan fingerprint density at radius 3 is 2.79 bits per heavy atom. The van der Waals surface area contributed by atoms with Crippen molar-refractivity contribution in [3.63, 3.8) is 0 Å². The van der Waals surface area contributed by atoms with Crippen LogP contribution < -0.4 is 5.73 Å². The summed E-state index contributed by atoms with van der Waals surface area (Å²) in [5, 5.41) is 9.08. The molecule has 0 fully saturated rings. The summed E-state index contributed by atoms with van der Waals surface area (Å²) >= 11 is 1.59. The van der Waals surface area contributed by atoms with Crippen LogP contribution in [0.15, 0.2) is 28.9 Å². The van der Waals surface area contributed by atoms with Crippen molar-refractivity contribution in [2.75, 3.05) is 19.8 Å². The van der Waals surface area contributed by atoms with E-state index in [1.165, 1.54) is 12.5 Å². The maximum Gasteiger partial charge on any atom is 0.0860 e. The number of thioether (sulfide) groups is 1. The summed E-state index contributed by atoms with van der Waals surface area (Å²) < 4.78 is 0. The van der Waals surface area contributed by atoms with E-state index < -0.39 is 0 Å². The van der Waals surface area contributed by atoms with Crippen LogP contribution in [0.2, 0.25) is 0 Å². The van der Waals surface area contributed by atoms with Crippen LogP contribution in [0.3, 0.4) is 0 Å². The molecule has 0 heterocycles. The highest BCUT2D eigenvalue weighted by Gasteiger charge is 1.98. The Kier molecular flexibility index (Phi) is 7.64. The molecule has 0 saturated carbocycles. The lowest BCUT2D eigenvalue weighted by atomic mass is 10.3. The molecule has 0 bridgehead atoms. The lowest BCUT2D eigenvalue weighted by Crippen LogP contribution is -2.22. The molecule has 0 aromatic carbocycles. The van der Waals surface area contributed by atoms with Crippen molar-refractivity contribution >= 4 is 23.8 Å². The fraction of sp³-hybridized carbons (Fsp3) is 0.333. The van der Waals surface area contributed by atoms with Gasteiger partial charge in [0, 0.05) is 13.2 Å². The summed E-state index contributed by atoms with van der Waals surface area (Å²) in [6.45, 7) is 0.560. The third-order valence-electron chi connectivity index (χ3n) is 1.47. The Hall–Kier alpha value is -1.23. The number of nitrogens with one attached hydrogen (secondary N) is 1. The first kappa shape index (κ1) is 12.8. The van der Waals surface area contributed by atoms with Gasteiger partial charge in [-0.15, -0.1) is 11.8 Å². The molecule has 0 aliphatic rings. The van der Waals surface area contributed by atoms with E-state index in [2.05, 4.69) is 4.99 Å². The van der Waals surface area contributed by atoms with Crippen LogP contribution in [0.25, 0.3) is 0 Å². The molecule has 0 spiro atoms. The van der Waals surface area contributed by atoms with Gasteiger partial charge in [0.2, 0.25) is 0 Å². The fourth-order valence-electron chi connectivity index (χ4n) is 0.776. The third kappa shape index (κ3) is 5.42. The summed E-state index contributed by atoms with van der Waals surface area (Å²) in [5.74, 6) is 0. The molecule has 4 nitrogen and oxygen atoms in total. The highest BCUT2D eigenvalue weighted by atomic mass is 32.2. The fourth-order valence-corrected chi connectivity index (χ4v) is 1.05. The van der Waals surface area contributed by atoms with Crippen molar-refractivity contribution in [3.05, 3.63) is 23.9 Å². The normalized spacial score (nSPS) is 12.6. The molecule has 14 heavy (non-hydrogen) atoms. The lowest BCUT2D eigenvalue weighted by molar-refractivity contribution is 0.658. The van der Waals surface area contributed by atoms with E-state index in [-0.39, 0.29) is 0 Å². The van der Waals surface area contributed by atoms with Gasteiger partial charge in [-0.25, -0.2) is 0 Å². The highest BCUT2D eigenvalue weighted by Crippen LogP contribution is 1.96. The molecule has 0 radical (unpaired) electrons. The average Bonchev–Trinajstić information content (AvgIpc) is 2.22. The smallest absolute Gasteiger partial charge is 0.0860 e. The number of nitrogens with zero attached hydrogens (tertiary/aromatic N) is 2. The van der Waals surface area contributed by atoms with Crippen LogP contribution >= 0.6 is 11.8 Å². The van der Waals surface area contributed by atoms with E-state index in [1.807, 2.05) is 17.9 Å². The van der Waals surface area contributed by atoms with E-state index >= 15 is 0 Å². The first-order chi connectivity index (χ1) is 6.78. The largest absolute Gasteiger partial charge is 0.405 e. The van der Waals surface area contributed by atoms with E-state index in [0.717, 1.165) is 5.71 Å². The van der Waals surface area contributed by atoms with Gasteiger partial charge in [-0.05, 0) is 23.9 Å². The zero-order valence-electron chi connectivity index (χ0n) is 8.47. The van der Waals surface area contributed by atoms with E-state index in [4.69, 9.17) is 11.1 Å². The van der Waals surface area contributed by atoms with Gasteiger partial charge in [-0.3, -0.25) is 10.4 Å². The minimum Gasteiger partial charge on any atom is -0.405 e. The standard InChI is InChI=1S/C9H16N4S/c1-12-9(3-4-10)7-13(8-11)5-6-14-2/h3-6,8,11H,7,10H2,1-2H3/b4-3?,6-5-,11-8?,12-9?. The van der Waals surface area contributed by atoms with Crippen LogP contribution in [0.5, 0.6) is 0 Å². The summed E-state index contributed by atoms with van der Waals surface area (Å²) in [4.78, 5) is 5.76. The van der Waals surface area contributed by atoms with E-state index in [0.29, 0.717) is 6.54 Å².